The van der Waals surface area contributed by atoms with Crippen LogP contribution in [0.1, 0.15) is 24.2 Å². The number of sulfonamides is 1. The van der Waals surface area contributed by atoms with Crippen LogP contribution in [0, 0.1) is 0 Å². The van der Waals surface area contributed by atoms with Gasteiger partial charge in [0.1, 0.15) is 17.6 Å². The van der Waals surface area contributed by atoms with Crippen LogP contribution in [0.15, 0.2) is 66.7 Å². The number of nitrogens with one attached hydrogen (secondary N) is 1. The Morgan fingerprint density at radius 2 is 1.84 bits per heavy atom. The van der Waals surface area contributed by atoms with E-state index in [-0.39, 0.29) is 5.75 Å². The van der Waals surface area contributed by atoms with Crippen molar-refractivity contribution in [1.29, 1.82) is 0 Å². The van der Waals surface area contributed by atoms with Crippen molar-refractivity contribution in [3.63, 3.8) is 0 Å². The molecule has 8 heteroatoms. The molecule has 1 aliphatic rings. The van der Waals surface area contributed by atoms with Gasteiger partial charge in [-0.15, -0.1) is 0 Å². The average Bonchev–Trinajstić information content (AvgIpc) is 2.82. The molecular formula is C24H24N2O5S. The molecule has 0 saturated carbocycles. The summed E-state index contributed by atoms with van der Waals surface area (Å²) in [5, 5.41) is 2.68. The predicted molar refractivity (Wildman–Crippen MR) is 124 cm³/mol. The highest BCUT2D eigenvalue weighted by Crippen LogP contribution is 2.49. The van der Waals surface area contributed by atoms with Gasteiger partial charge in [-0.1, -0.05) is 42.5 Å². The lowest BCUT2D eigenvalue weighted by atomic mass is 9.88. The largest absolute Gasteiger partial charge is 0.496 e. The Morgan fingerprint density at radius 1 is 1.09 bits per heavy atom. The number of rotatable bonds is 5. The van der Waals surface area contributed by atoms with Gasteiger partial charge in [-0.3, -0.25) is 0 Å². The van der Waals surface area contributed by atoms with E-state index in [0.717, 1.165) is 26.6 Å². The number of carbonyl (C=O) groups is 1. The molecule has 0 saturated heterocycles. The van der Waals surface area contributed by atoms with Gasteiger partial charge in [0.2, 0.25) is 10.0 Å². The number of methoxy groups -OCH3 is 1. The second-order valence-corrected chi connectivity index (χ2v) is 9.63. The lowest BCUT2D eigenvalue weighted by molar-refractivity contribution is 0.240. The van der Waals surface area contributed by atoms with E-state index in [1.165, 1.54) is 14.0 Å². The lowest BCUT2D eigenvalue weighted by Crippen LogP contribution is -2.37. The fourth-order valence-corrected chi connectivity index (χ4v) is 4.40. The average molecular weight is 453 g/mol. The molecule has 32 heavy (non-hydrogen) atoms. The Morgan fingerprint density at radius 3 is 2.53 bits per heavy atom. The maximum absolute atomic E-state index is 12.5. The summed E-state index contributed by atoms with van der Waals surface area (Å²) in [5.41, 5.74) is 4.02. The Bertz CT molecular complexity index is 1260. The number of hydrogen-bond acceptors (Lipinski definition) is 5. The van der Waals surface area contributed by atoms with Crippen LogP contribution in [-0.2, 0) is 10.0 Å². The molecule has 7 nitrogen and oxygen atoms in total. The van der Waals surface area contributed by atoms with Crippen LogP contribution in [-0.4, -0.2) is 38.7 Å². The number of amides is 2. The number of ether oxygens (including phenoxy) is 2. The van der Waals surface area contributed by atoms with Crippen molar-refractivity contribution in [3.8, 4) is 22.6 Å². The zero-order valence-corrected chi connectivity index (χ0v) is 18.8. The maximum atomic E-state index is 12.5. The lowest BCUT2D eigenvalue weighted by Gasteiger charge is -2.30. The topological polar surface area (TPSA) is 84.9 Å². The Kier molecular flexibility index (Phi) is 5.80. The third-order valence-corrected chi connectivity index (χ3v) is 7.21. The van der Waals surface area contributed by atoms with E-state index < -0.39 is 22.2 Å². The minimum absolute atomic E-state index is 0.165. The van der Waals surface area contributed by atoms with E-state index in [2.05, 4.69) is 5.32 Å². The molecule has 3 aromatic carbocycles. The van der Waals surface area contributed by atoms with Gasteiger partial charge in [-0.25, -0.2) is 17.5 Å². The van der Waals surface area contributed by atoms with Crippen LogP contribution in [0.3, 0.4) is 0 Å². The molecule has 2 amide bonds. The molecule has 1 heterocycles. The third kappa shape index (κ3) is 3.89. The van der Waals surface area contributed by atoms with Crippen LogP contribution in [0.5, 0.6) is 11.5 Å². The summed E-state index contributed by atoms with van der Waals surface area (Å²) in [6, 6.07) is 20.1. The Balaban J connectivity index is 1.79. The quantitative estimate of drug-likeness (QED) is 0.609. The van der Waals surface area contributed by atoms with Crippen molar-refractivity contribution < 1.29 is 22.7 Å². The van der Waals surface area contributed by atoms with Crippen LogP contribution < -0.4 is 14.8 Å². The highest BCUT2D eigenvalue weighted by molar-refractivity contribution is 7.89. The predicted octanol–water partition coefficient (Wildman–Crippen LogP) is 4.66. The maximum Gasteiger partial charge on any atom is 0.335 e. The molecule has 0 aliphatic carbocycles. The Labute approximate surface area is 187 Å². The number of fused-ring (bicyclic) bond motifs is 3. The van der Waals surface area contributed by atoms with Crippen LogP contribution in [0.4, 0.5) is 10.5 Å². The zero-order chi connectivity index (χ0) is 22.9. The van der Waals surface area contributed by atoms with Crippen LogP contribution in [0.25, 0.3) is 11.1 Å². The highest BCUT2D eigenvalue weighted by atomic mass is 32.2. The molecule has 0 radical (unpaired) electrons. The number of hydrogen-bond donors (Lipinski definition) is 1. The summed E-state index contributed by atoms with van der Waals surface area (Å²) >= 11 is 0. The summed E-state index contributed by atoms with van der Waals surface area (Å²) in [7, 11) is -0.810. The van der Waals surface area contributed by atoms with E-state index in [0.29, 0.717) is 17.2 Å². The van der Waals surface area contributed by atoms with E-state index in [1.807, 2.05) is 60.7 Å². The molecule has 0 bridgehead atoms. The van der Waals surface area contributed by atoms with Crippen molar-refractivity contribution >= 4 is 21.7 Å². The first-order valence-electron chi connectivity index (χ1n) is 10.2. The van der Waals surface area contributed by atoms with Gasteiger partial charge >= 0.3 is 6.03 Å². The minimum atomic E-state index is -3.66. The number of anilines is 1. The molecule has 166 valence electrons. The van der Waals surface area contributed by atoms with Crippen LogP contribution in [0.2, 0.25) is 0 Å². The van der Waals surface area contributed by atoms with Crippen molar-refractivity contribution in [2.75, 3.05) is 25.2 Å². The zero-order valence-electron chi connectivity index (χ0n) is 18.0. The molecule has 1 unspecified atom stereocenters. The van der Waals surface area contributed by atoms with Crippen molar-refractivity contribution in [3.05, 3.63) is 77.9 Å². The molecule has 1 N–H and O–H groups in total. The molecule has 0 aromatic heterocycles. The number of carbonyl (C=O) groups excluding carboxylic acids is 1. The molecular weight excluding hydrogens is 428 g/mol. The highest BCUT2D eigenvalue weighted by Gasteiger charge is 2.30. The second-order valence-electron chi connectivity index (χ2n) is 7.34. The molecule has 1 atom stereocenters. The van der Waals surface area contributed by atoms with E-state index in [4.69, 9.17) is 9.47 Å². The van der Waals surface area contributed by atoms with Crippen LogP contribution >= 0.6 is 0 Å². The summed E-state index contributed by atoms with van der Waals surface area (Å²) in [5.74, 6) is 1.22. The number of nitrogens with zero attached hydrogens (tertiary/aromatic N) is 1. The normalized spacial score (nSPS) is 14.5. The van der Waals surface area contributed by atoms with Gasteiger partial charge < -0.3 is 14.8 Å². The first kappa shape index (κ1) is 21.7. The first-order chi connectivity index (χ1) is 15.4. The SMILES string of the molecule is CCS(=O)(=O)N(C)C(=O)Nc1ccc2c(c1)C(c1ccccc1)Oc1cccc(OC)c1-2. The summed E-state index contributed by atoms with van der Waals surface area (Å²) in [4.78, 5) is 12.5. The fraction of sp³-hybridized carbons (Fsp3) is 0.208. The van der Waals surface area contributed by atoms with Gasteiger partial charge in [0, 0.05) is 18.3 Å². The standard InChI is InChI=1S/C24H24N2O5S/c1-4-32(28,29)26(2)24(27)25-17-13-14-18-19(15-17)23(16-9-6-5-7-10-16)31-21-12-8-11-20(30-3)22(18)21/h5-15,23H,4H2,1-3H3,(H,25,27). The van der Waals surface area contributed by atoms with E-state index in [9.17, 15) is 13.2 Å². The Hall–Kier alpha value is -3.52. The molecule has 4 rings (SSSR count). The van der Waals surface area contributed by atoms with E-state index >= 15 is 0 Å². The monoisotopic (exact) mass is 452 g/mol. The molecule has 1 aliphatic heterocycles. The van der Waals surface area contributed by atoms with Gasteiger partial charge in [-0.2, -0.15) is 0 Å². The molecule has 0 spiro atoms. The van der Waals surface area contributed by atoms with Crippen molar-refractivity contribution in [1.82, 2.24) is 4.31 Å². The number of urea groups is 1. The third-order valence-electron chi connectivity index (χ3n) is 5.48. The smallest absolute Gasteiger partial charge is 0.335 e. The first-order valence-corrected chi connectivity index (χ1v) is 11.8. The molecule has 0 fully saturated rings. The van der Waals surface area contributed by atoms with Gasteiger partial charge in [-0.05, 0) is 42.3 Å². The van der Waals surface area contributed by atoms with Crippen molar-refractivity contribution in [2.45, 2.75) is 13.0 Å². The summed E-state index contributed by atoms with van der Waals surface area (Å²) in [6.45, 7) is 1.49. The summed E-state index contributed by atoms with van der Waals surface area (Å²) in [6.07, 6.45) is -0.403. The van der Waals surface area contributed by atoms with E-state index in [1.54, 1.807) is 13.2 Å². The van der Waals surface area contributed by atoms with Gasteiger partial charge in [0.15, 0.2) is 0 Å². The minimum Gasteiger partial charge on any atom is -0.496 e. The fourth-order valence-electron chi connectivity index (χ4n) is 3.72. The summed E-state index contributed by atoms with van der Waals surface area (Å²) < 4.78 is 36.7. The van der Waals surface area contributed by atoms with Gasteiger partial charge in [0.25, 0.3) is 0 Å². The number of benzene rings is 3. The second kappa shape index (κ2) is 8.55. The van der Waals surface area contributed by atoms with Crippen molar-refractivity contribution in [2.24, 2.45) is 0 Å². The molecule has 3 aromatic rings. The van der Waals surface area contributed by atoms with Gasteiger partial charge in [0.05, 0.1) is 18.4 Å².